The van der Waals surface area contributed by atoms with E-state index in [4.69, 9.17) is 0 Å². The van der Waals surface area contributed by atoms with Crippen molar-refractivity contribution in [3.8, 4) is 0 Å². The molecule has 0 amide bonds. The van der Waals surface area contributed by atoms with Gasteiger partial charge in [0, 0.05) is 0 Å². The first kappa shape index (κ1) is 13.4. The van der Waals surface area contributed by atoms with Crippen molar-refractivity contribution in [2.24, 2.45) is 5.41 Å². The molecule has 0 radical (unpaired) electrons. The fourth-order valence-corrected chi connectivity index (χ4v) is 2.55. The van der Waals surface area contributed by atoms with Crippen molar-refractivity contribution in [2.75, 3.05) is 24.5 Å². The molecule has 13 heavy (non-hydrogen) atoms. The van der Waals surface area contributed by atoms with Crippen LogP contribution >= 0.6 is 10.0 Å². The topological polar surface area (TPSA) is 0 Å². The van der Waals surface area contributed by atoms with Crippen LogP contribution in [0.25, 0.3) is 0 Å². The Labute approximate surface area is 86.8 Å². The lowest BCUT2D eigenvalue weighted by molar-refractivity contribution is 0.271. The fourth-order valence-electron chi connectivity index (χ4n) is 1.54. The fraction of sp³-hybridized carbons (Fsp3) is 1.00. The first-order valence-electron chi connectivity index (χ1n) is 5.49. The minimum absolute atomic E-state index is 0.263. The molecule has 0 heterocycles. The Morgan fingerprint density at radius 3 is 1.77 bits per heavy atom. The molecule has 0 aliphatic heterocycles. The normalized spacial score (nSPS) is 14.6. The van der Waals surface area contributed by atoms with E-state index >= 15 is 0 Å². The van der Waals surface area contributed by atoms with Gasteiger partial charge >= 0.3 is 0 Å². The molecule has 0 rings (SSSR count). The lowest BCUT2D eigenvalue weighted by Gasteiger charge is -2.30. The average molecular weight is 204 g/mol. The van der Waals surface area contributed by atoms with E-state index in [1.54, 1.807) is 0 Å². The highest BCUT2D eigenvalue weighted by atomic mass is 32.3. The molecule has 0 aliphatic carbocycles. The van der Waals surface area contributed by atoms with Gasteiger partial charge in [0.15, 0.2) is 0 Å². The third-order valence-electron chi connectivity index (χ3n) is 3.24. The predicted molar refractivity (Wildman–Crippen MR) is 68.2 cm³/mol. The van der Waals surface area contributed by atoms with Crippen LogP contribution in [-0.2, 0) is 0 Å². The van der Waals surface area contributed by atoms with Gasteiger partial charge in [0.05, 0.1) is 0 Å². The summed E-state index contributed by atoms with van der Waals surface area (Å²) in [5.41, 5.74) is 0.616. The summed E-state index contributed by atoms with van der Waals surface area (Å²) in [7, 11) is -0.263. The van der Waals surface area contributed by atoms with Crippen molar-refractivity contribution in [1.82, 2.24) is 0 Å². The average Bonchev–Trinajstić information content (AvgIpc) is 2.02. The number of rotatable bonds is 6. The molecule has 0 aromatic heterocycles. The van der Waals surface area contributed by atoms with Crippen LogP contribution in [0.3, 0.4) is 0 Å². The Hall–Kier alpha value is 0.350. The lowest BCUT2D eigenvalue weighted by Crippen LogP contribution is -2.15. The standard InChI is InChI=1S/C12H28S/c1-7-12(3,8-2)10-9-11-13(4,5)6/h7-11H2,1-6H3. The summed E-state index contributed by atoms with van der Waals surface area (Å²) in [4.78, 5) is 0. The summed E-state index contributed by atoms with van der Waals surface area (Å²) in [6, 6.07) is 0. The molecule has 0 N–H and O–H groups in total. The Kier molecular flexibility index (Phi) is 5.43. The zero-order valence-electron chi connectivity index (χ0n) is 10.4. The van der Waals surface area contributed by atoms with Gasteiger partial charge in [-0.1, -0.05) is 33.6 Å². The van der Waals surface area contributed by atoms with Gasteiger partial charge in [0.2, 0.25) is 0 Å². The molecule has 0 nitrogen and oxygen atoms in total. The molecule has 0 spiro atoms. The van der Waals surface area contributed by atoms with E-state index in [1.807, 2.05) is 0 Å². The Morgan fingerprint density at radius 2 is 1.46 bits per heavy atom. The van der Waals surface area contributed by atoms with Gasteiger partial charge in [-0.05, 0) is 42.8 Å². The Morgan fingerprint density at radius 1 is 1.00 bits per heavy atom. The predicted octanol–water partition coefficient (Wildman–Crippen LogP) is 4.29. The molecule has 0 saturated carbocycles. The maximum atomic E-state index is 2.44. The van der Waals surface area contributed by atoms with Crippen LogP contribution in [0.2, 0.25) is 0 Å². The number of hydrogen-bond acceptors (Lipinski definition) is 0. The highest BCUT2D eigenvalue weighted by Crippen LogP contribution is 2.38. The maximum Gasteiger partial charge on any atom is -0.0235 e. The second kappa shape index (κ2) is 5.29. The van der Waals surface area contributed by atoms with Crippen LogP contribution in [0.1, 0.15) is 46.5 Å². The van der Waals surface area contributed by atoms with Gasteiger partial charge < -0.3 is 0 Å². The van der Waals surface area contributed by atoms with E-state index < -0.39 is 0 Å². The summed E-state index contributed by atoms with van der Waals surface area (Å²) in [5.74, 6) is 1.45. The van der Waals surface area contributed by atoms with Crippen molar-refractivity contribution >= 4 is 10.0 Å². The second-order valence-electron chi connectivity index (χ2n) is 5.42. The molecule has 1 heteroatoms. The van der Waals surface area contributed by atoms with E-state index in [9.17, 15) is 0 Å². The molecule has 0 aromatic carbocycles. The molecular weight excluding hydrogens is 176 g/mol. The Balaban J connectivity index is 3.74. The molecule has 0 bridgehead atoms. The Bertz CT molecular complexity index is 129. The van der Waals surface area contributed by atoms with Crippen LogP contribution in [0.4, 0.5) is 0 Å². The monoisotopic (exact) mass is 204 g/mol. The molecular formula is C12H28S. The smallest absolute Gasteiger partial charge is 0.0235 e. The van der Waals surface area contributed by atoms with Crippen LogP contribution in [-0.4, -0.2) is 24.5 Å². The van der Waals surface area contributed by atoms with Crippen molar-refractivity contribution in [1.29, 1.82) is 0 Å². The van der Waals surface area contributed by atoms with Crippen LogP contribution in [0.15, 0.2) is 0 Å². The lowest BCUT2D eigenvalue weighted by atomic mass is 9.81. The summed E-state index contributed by atoms with van der Waals surface area (Å²) in [6.07, 6.45) is 12.8. The van der Waals surface area contributed by atoms with Crippen molar-refractivity contribution in [2.45, 2.75) is 46.5 Å². The van der Waals surface area contributed by atoms with Gasteiger partial charge in [-0.3, -0.25) is 0 Å². The van der Waals surface area contributed by atoms with E-state index in [2.05, 4.69) is 39.5 Å². The minimum Gasteiger partial charge on any atom is -0.250 e. The molecule has 82 valence electrons. The molecule has 0 fully saturated rings. The third-order valence-corrected chi connectivity index (χ3v) is 4.76. The largest absolute Gasteiger partial charge is 0.250 e. The minimum atomic E-state index is -0.263. The highest BCUT2D eigenvalue weighted by Gasteiger charge is 2.19. The molecule has 0 saturated heterocycles. The summed E-state index contributed by atoms with van der Waals surface area (Å²) < 4.78 is 0. The van der Waals surface area contributed by atoms with Gasteiger partial charge in [-0.15, -0.1) is 0 Å². The van der Waals surface area contributed by atoms with Gasteiger partial charge in [0.25, 0.3) is 0 Å². The van der Waals surface area contributed by atoms with Crippen molar-refractivity contribution in [3.05, 3.63) is 0 Å². The van der Waals surface area contributed by atoms with Gasteiger partial charge in [-0.25, -0.2) is 10.0 Å². The molecule has 0 atom stereocenters. The van der Waals surface area contributed by atoms with E-state index in [1.165, 1.54) is 31.4 Å². The van der Waals surface area contributed by atoms with Crippen molar-refractivity contribution < 1.29 is 0 Å². The quantitative estimate of drug-likeness (QED) is 0.605. The highest BCUT2D eigenvalue weighted by molar-refractivity contribution is 8.32. The summed E-state index contributed by atoms with van der Waals surface area (Å²) >= 11 is 0. The first-order chi connectivity index (χ1) is 5.83. The first-order valence-corrected chi connectivity index (χ1v) is 8.52. The third kappa shape index (κ3) is 6.42. The zero-order chi connectivity index (χ0) is 10.5. The van der Waals surface area contributed by atoms with Crippen LogP contribution < -0.4 is 0 Å². The molecule has 0 unspecified atom stereocenters. The van der Waals surface area contributed by atoms with Crippen LogP contribution in [0.5, 0.6) is 0 Å². The maximum absolute atomic E-state index is 2.44. The zero-order valence-corrected chi connectivity index (χ0v) is 11.3. The van der Waals surface area contributed by atoms with Gasteiger partial charge in [0.1, 0.15) is 0 Å². The van der Waals surface area contributed by atoms with E-state index in [0.29, 0.717) is 5.41 Å². The molecule has 0 aromatic rings. The van der Waals surface area contributed by atoms with Gasteiger partial charge in [-0.2, -0.15) is 0 Å². The number of hydrogen-bond donors (Lipinski definition) is 0. The van der Waals surface area contributed by atoms with Crippen molar-refractivity contribution in [3.63, 3.8) is 0 Å². The summed E-state index contributed by atoms with van der Waals surface area (Å²) in [5, 5.41) is 0. The van der Waals surface area contributed by atoms with E-state index in [-0.39, 0.29) is 10.0 Å². The molecule has 0 aliphatic rings. The summed E-state index contributed by atoms with van der Waals surface area (Å²) in [6.45, 7) is 7.09. The van der Waals surface area contributed by atoms with E-state index in [0.717, 1.165) is 0 Å². The van der Waals surface area contributed by atoms with Crippen LogP contribution in [0, 0.1) is 5.41 Å². The SMILES string of the molecule is CCC(C)(CC)CCCS(C)(C)C. The second-order valence-corrected chi connectivity index (χ2v) is 10.0.